The van der Waals surface area contributed by atoms with Gasteiger partial charge in [0.2, 0.25) is 12.7 Å². The molecule has 1 fully saturated rings. The summed E-state index contributed by atoms with van der Waals surface area (Å²) in [5.41, 5.74) is 1.82. The first kappa shape index (κ1) is 19.1. The zero-order valence-corrected chi connectivity index (χ0v) is 17.1. The molecule has 1 saturated heterocycles. The summed E-state index contributed by atoms with van der Waals surface area (Å²) in [6, 6.07) is 10.3. The Kier molecular flexibility index (Phi) is 4.96. The summed E-state index contributed by atoms with van der Waals surface area (Å²) < 4.78 is 31.7. The minimum Gasteiger partial charge on any atom is -0.454 e. The minimum atomic E-state index is -0.328. The second-order valence-corrected chi connectivity index (χ2v) is 7.73. The van der Waals surface area contributed by atoms with Crippen LogP contribution in [0.3, 0.4) is 0 Å². The van der Waals surface area contributed by atoms with E-state index in [1.54, 1.807) is 13.2 Å². The number of nitrogens with zero attached hydrogens (tertiary/aromatic N) is 4. The number of ether oxygens (including phenoxy) is 3. The predicted molar refractivity (Wildman–Crippen MR) is 109 cm³/mol. The van der Waals surface area contributed by atoms with Crippen LogP contribution in [0.4, 0.5) is 10.3 Å². The summed E-state index contributed by atoms with van der Waals surface area (Å²) in [4.78, 5) is 2.17. The van der Waals surface area contributed by atoms with Crippen LogP contribution >= 0.6 is 11.6 Å². The van der Waals surface area contributed by atoms with Gasteiger partial charge in [0.25, 0.3) is 0 Å². The van der Waals surface area contributed by atoms with E-state index in [1.165, 1.54) is 12.1 Å². The van der Waals surface area contributed by atoms with Crippen molar-refractivity contribution in [2.75, 3.05) is 31.9 Å². The lowest BCUT2D eigenvalue weighted by molar-refractivity contribution is 0.173. The molecule has 0 bridgehead atoms. The summed E-state index contributed by atoms with van der Waals surface area (Å²) in [7, 11) is 1.63. The van der Waals surface area contributed by atoms with E-state index in [4.69, 9.17) is 25.8 Å². The molecule has 7 nitrogen and oxygen atoms in total. The van der Waals surface area contributed by atoms with Crippen LogP contribution in [0.15, 0.2) is 36.4 Å². The molecule has 0 spiro atoms. The van der Waals surface area contributed by atoms with Crippen molar-refractivity contribution in [1.29, 1.82) is 0 Å². The Morgan fingerprint density at radius 3 is 2.87 bits per heavy atom. The van der Waals surface area contributed by atoms with Gasteiger partial charge in [-0.05, 0) is 36.2 Å². The Morgan fingerprint density at radius 1 is 1.17 bits per heavy atom. The molecule has 0 saturated carbocycles. The Morgan fingerprint density at radius 2 is 2.03 bits per heavy atom. The Labute approximate surface area is 177 Å². The Hall–Kier alpha value is -2.84. The molecule has 1 unspecified atom stereocenters. The first-order valence-corrected chi connectivity index (χ1v) is 10.0. The van der Waals surface area contributed by atoms with Gasteiger partial charge in [0.1, 0.15) is 12.4 Å². The summed E-state index contributed by atoms with van der Waals surface area (Å²) >= 11 is 6.30. The van der Waals surface area contributed by atoms with Crippen LogP contribution in [0.2, 0.25) is 5.02 Å². The number of fused-ring (bicyclic) bond motifs is 1. The average molecular weight is 431 g/mol. The van der Waals surface area contributed by atoms with Crippen LogP contribution in [0.5, 0.6) is 11.5 Å². The van der Waals surface area contributed by atoms with Crippen LogP contribution < -0.4 is 14.4 Å². The van der Waals surface area contributed by atoms with Crippen LogP contribution in [0, 0.1) is 5.82 Å². The van der Waals surface area contributed by atoms with E-state index in [2.05, 4.69) is 15.1 Å². The topological polar surface area (TPSA) is 61.6 Å². The molecule has 3 heterocycles. The lowest BCUT2D eigenvalue weighted by atomic mass is 9.98. The third kappa shape index (κ3) is 3.36. The van der Waals surface area contributed by atoms with Gasteiger partial charge in [0, 0.05) is 37.2 Å². The first-order valence-electron chi connectivity index (χ1n) is 9.67. The molecule has 3 aromatic rings. The van der Waals surface area contributed by atoms with Crippen molar-refractivity contribution in [1.82, 2.24) is 14.8 Å². The van der Waals surface area contributed by atoms with Crippen LogP contribution in [-0.2, 0) is 11.3 Å². The molecule has 0 amide bonds. The summed E-state index contributed by atoms with van der Waals surface area (Å²) in [6.07, 6.45) is 0.888. The van der Waals surface area contributed by atoms with Gasteiger partial charge >= 0.3 is 0 Å². The maximum Gasteiger partial charge on any atom is 0.231 e. The minimum absolute atomic E-state index is 0.186. The highest BCUT2D eigenvalue weighted by atomic mass is 35.5. The highest BCUT2D eigenvalue weighted by Crippen LogP contribution is 2.37. The van der Waals surface area contributed by atoms with E-state index in [9.17, 15) is 4.39 Å². The lowest BCUT2D eigenvalue weighted by Gasteiger charge is -2.20. The second-order valence-electron chi connectivity index (χ2n) is 7.32. The fourth-order valence-corrected chi connectivity index (χ4v) is 4.37. The molecule has 0 N–H and O–H groups in total. The molecule has 0 aliphatic carbocycles. The Bertz CT molecular complexity index is 1090. The quantitative estimate of drug-likeness (QED) is 0.611. The zero-order valence-electron chi connectivity index (χ0n) is 16.3. The summed E-state index contributed by atoms with van der Waals surface area (Å²) in [6.45, 7) is 2.03. The molecule has 1 aromatic heterocycles. The van der Waals surface area contributed by atoms with Gasteiger partial charge in [0.05, 0.1) is 5.69 Å². The largest absolute Gasteiger partial charge is 0.454 e. The van der Waals surface area contributed by atoms with Crippen molar-refractivity contribution < 1.29 is 18.6 Å². The van der Waals surface area contributed by atoms with E-state index in [0.717, 1.165) is 30.2 Å². The molecule has 30 heavy (non-hydrogen) atoms. The highest BCUT2D eigenvalue weighted by Gasteiger charge is 2.30. The van der Waals surface area contributed by atoms with Gasteiger partial charge < -0.3 is 19.1 Å². The van der Waals surface area contributed by atoms with Gasteiger partial charge in [-0.1, -0.05) is 17.7 Å². The van der Waals surface area contributed by atoms with Crippen molar-refractivity contribution in [3.8, 4) is 17.2 Å². The molecular weight excluding hydrogens is 411 g/mol. The van der Waals surface area contributed by atoms with Crippen molar-refractivity contribution >= 4 is 17.5 Å². The van der Waals surface area contributed by atoms with Crippen LogP contribution in [0.25, 0.3) is 5.69 Å². The van der Waals surface area contributed by atoms with E-state index >= 15 is 0 Å². The molecule has 1 atom stereocenters. The molecule has 5 rings (SSSR count). The standard InChI is InChI=1S/C21H20ClFN4O3/c1-28-11-20-24-25-21(27(20)15-3-5-18-19(9-15)30-12-29-18)26-7-6-13(10-26)16-4-2-14(23)8-17(16)22/h2-5,8-9,13H,6-7,10-12H2,1H3. The SMILES string of the molecule is COCc1nnc(N2CCC(c3ccc(F)cc3Cl)C2)n1-c1ccc2c(c1)OCO2. The number of rotatable bonds is 5. The smallest absolute Gasteiger partial charge is 0.231 e. The van der Waals surface area contributed by atoms with Crippen molar-refractivity contribution in [2.45, 2.75) is 18.9 Å². The molecule has 156 valence electrons. The van der Waals surface area contributed by atoms with E-state index in [-0.39, 0.29) is 18.5 Å². The highest BCUT2D eigenvalue weighted by molar-refractivity contribution is 6.31. The fourth-order valence-electron chi connectivity index (χ4n) is 4.05. The van der Waals surface area contributed by atoms with Gasteiger partial charge in [0.15, 0.2) is 17.3 Å². The number of benzene rings is 2. The van der Waals surface area contributed by atoms with Crippen LogP contribution in [-0.4, -0.2) is 41.8 Å². The first-order chi connectivity index (χ1) is 14.6. The third-order valence-electron chi connectivity index (χ3n) is 5.47. The maximum absolute atomic E-state index is 13.4. The molecule has 2 aliphatic heterocycles. The predicted octanol–water partition coefficient (Wildman–Crippen LogP) is 3.93. The van der Waals surface area contributed by atoms with Gasteiger partial charge in [-0.15, -0.1) is 10.2 Å². The van der Waals surface area contributed by atoms with E-state index < -0.39 is 0 Å². The molecular formula is C21H20ClFN4O3. The fraction of sp³-hybridized carbons (Fsp3) is 0.333. The number of halogens is 2. The van der Waals surface area contributed by atoms with Crippen molar-refractivity contribution in [3.63, 3.8) is 0 Å². The lowest BCUT2D eigenvalue weighted by Crippen LogP contribution is -2.23. The number of hydrogen-bond donors (Lipinski definition) is 0. The number of aromatic nitrogens is 3. The zero-order chi connectivity index (χ0) is 20.7. The van der Waals surface area contributed by atoms with Crippen LogP contribution in [0.1, 0.15) is 23.7 Å². The molecule has 0 radical (unpaired) electrons. The summed E-state index contributed by atoms with van der Waals surface area (Å²) in [5.74, 6) is 2.68. The normalized spacial score (nSPS) is 17.7. The molecule has 2 aliphatic rings. The molecule has 9 heteroatoms. The third-order valence-corrected chi connectivity index (χ3v) is 5.80. The summed E-state index contributed by atoms with van der Waals surface area (Å²) in [5, 5.41) is 9.25. The number of methoxy groups -OCH3 is 1. The van der Waals surface area contributed by atoms with Gasteiger partial charge in [-0.25, -0.2) is 4.39 Å². The van der Waals surface area contributed by atoms with E-state index in [0.29, 0.717) is 35.5 Å². The monoisotopic (exact) mass is 430 g/mol. The number of hydrogen-bond acceptors (Lipinski definition) is 6. The van der Waals surface area contributed by atoms with E-state index in [1.807, 2.05) is 22.8 Å². The number of anilines is 1. The average Bonchev–Trinajstić information content (AvgIpc) is 3.47. The van der Waals surface area contributed by atoms with Gasteiger partial charge in [-0.2, -0.15) is 0 Å². The van der Waals surface area contributed by atoms with Crippen molar-refractivity contribution in [2.24, 2.45) is 0 Å². The maximum atomic E-state index is 13.4. The van der Waals surface area contributed by atoms with Crippen molar-refractivity contribution in [3.05, 3.63) is 58.6 Å². The Balaban J connectivity index is 1.48. The second kappa shape index (κ2) is 7.77. The van der Waals surface area contributed by atoms with Gasteiger partial charge in [-0.3, -0.25) is 4.57 Å². The molecule has 2 aromatic carbocycles.